The highest BCUT2D eigenvalue weighted by Crippen LogP contribution is 2.21. The summed E-state index contributed by atoms with van der Waals surface area (Å²) in [6, 6.07) is 0. The van der Waals surface area contributed by atoms with Crippen LogP contribution >= 0.6 is 0 Å². The molecule has 0 aromatic carbocycles. The normalized spacial score (nSPS) is 14.4. The van der Waals surface area contributed by atoms with Crippen LogP contribution in [0.1, 0.15) is 53.4 Å². The average Bonchev–Trinajstić information content (AvgIpc) is 2.04. The van der Waals surface area contributed by atoms with Gasteiger partial charge in [0.1, 0.15) is 0 Å². The summed E-state index contributed by atoms with van der Waals surface area (Å²) in [7, 11) is 0. The third-order valence-electron chi connectivity index (χ3n) is 2.65. The maximum absolute atomic E-state index is 2.34. The molecule has 1 unspecified atom stereocenters. The molecular weight excluding hydrogens is 144 g/mol. The first-order valence-electron chi connectivity index (χ1n) is 5.33. The van der Waals surface area contributed by atoms with E-state index >= 15 is 0 Å². The molecule has 0 saturated carbocycles. The summed E-state index contributed by atoms with van der Waals surface area (Å²) in [5.41, 5.74) is 0. The molecule has 0 heterocycles. The van der Waals surface area contributed by atoms with Crippen LogP contribution in [0.15, 0.2) is 12.2 Å². The van der Waals surface area contributed by atoms with Gasteiger partial charge in [-0.3, -0.25) is 0 Å². The molecule has 0 amide bonds. The molecule has 0 aliphatic heterocycles. The Kier molecular flexibility index (Phi) is 7.23. The van der Waals surface area contributed by atoms with Crippen LogP contribution in [0.4, 0.5) is 0 Å². The van der Waals surface area contributed by atoms with Gasteiger partial charge in [-0.25, -0.2) is 0 Å². The van der Waals surface area contributed by atoms with Gasteiger partial charge in [0.05, 0.1) is 0 Å². The lowest BCUT2D eigenvalue weighted by Gasteiger charge is -2.17. The van der Waals surface area contributed by atoms with Gasteiger partial charge in [-0.2, -0.15) is 0 Å². The maximum Gasteiger partial charge on any atom is -0.0351 e. The maximum atomic E-state index is 2.34. The van der Waals surface area contributed by atoms with Crippen molar-refractivity contribution in [1.29, 1.82) is 0 Å². The first-order chi connectivity index (χ1) is 5.72. The Morgan fingerprint density at radius 3 is 2.33 bits per heavy atom. The molecule has 72 valence electrons. The van der Waals surface area contributed by atoms with E-state index in [0.717, 1.165) is 11.8 Å². The lowest BCUT2D eigenvalue weighted by atomic mass is 9.88. The number of rotatable bonds is 6. The first kappa shape index (κ1) is 11.7. The largest absolute Gasteiger partial charge is 0.0917 e. The van der Waals surface area contributed by atoms with Crippen molar-refractivity contribution in [1.82, 2.24) is 0 Å². The van der Waals surface area contributed by atoms with Crippen molar-refractivity contribution in [2.75, 3.05) is 0 Å². The van der Waals surface area contributed by atoms with Crippen LogP contribution in [0.2, 0.25) is 0 Å². The highest BCUT2D eigenvalue weighted by atomic mass is 14.1. The summed E-state index contributed by atoms with van der Waals surface area (Å²) in [6.07, 6.45) is 9.79. The Labute approximate surface area is 78.1 Å². The number of allylic oxidation sites excluding steroid dienone is 2. The smallest absolute Gasteiger partial charge is 0.0351 e. The summed E-state index contributed by atoms with van der Waals surface area (Å²) >= 11 is 0. The molecule has 0 aliphatic carbocycles. The second-order valence-electron chi connectivity index (χ2n) is 3.91. The molecule has 0 saturated heterocycles. The molecule has 0 fully saturated rings. The minimum atomic E-state index is 0.862. The molecule has 0 radical (unpaired) electrons. The van der Waals surface area contributed by atoms with E-state index in [-0.39, 0.29) is 0 Å². The van der Waals surface area contributed by atoms with Gasteiger partial charge in [0, 0.05) is 0 Å². The third kappa shape index (κ3) is 5.40. The lowest BCUT2D eigenvalue weighted by Crippen LogP contribution is -2.06. The molecule has 0 rings (SSSR count). The average molecular weight is 168 g/mol. The Balaban J connectivity index is 3.45. The zero-order valence-electron chi connectivity index (χ0n) is 9.14. The van der Waals surface area contributed by atoms with Gasteiger partial charge in [0.15, 0.2) is 0 Å². The number of unbranched alkanes of at least 4 members (excludes halogenated alkanes) is 1. The van der Waals surface area contributed by atoms with Crippen LogP contribution in [0.25, 0.3) is 0 Å². The molecule has 0 aromatic rings. The molecule has 0 nitrogen and oxygen atoms in total. The van der Waals surface area contributed by atoms with Crippen molar-refractivity contribution in [2.45, 2.75) is 53.4 Å². The van der Waals surface area contributed by atoms with E-state index in [4.69, 9.17) is 0 Å². The van der Waals surface area contributed by atoms with Crippen LogP contribution in [0.3, 0.4) is 0 Å². The van der Waals surface area contributed by atoms with Crippen molar-refractivity contribution in [3.63, 3.8) is 0 Å². The predicted octanol–water partition coefficient (Wildman–Crippen LogP) is 4.42. The van der Waals surface area contributed by atoms with Crippen molar-refractivity contribution < 1.29 is 0 Å². The van der Waals surface area contributed by atoms with Gasteiger partial charge >= 0.3 is 0 Å². The van der Waals surface area contributed by atoms with Crippen molar-refractivity contribution >= 4 is 0 Å². The van der Waals surface area contributed by atoms with Gasteiger partial charge in [-0.15, -0.1) is 0 Å². The van der Waals surface area contributed by atoms with Crippen LogP contribution in [0, 0.1) is 11.8 Å². The zero-order valence-corrected chi connectivity index (χ0v) is 9.14. The van der Waals surface area contributed by atoms with Gasteiger partial charge in [0.25, 0.3) is 0 Å². The Morgan fingerprint density at radius 2 is 1.92 bits per heavy atom. The molecule has 0 aliphatic rings. The Morgan fingerprint density at radius 1 is 1.25 bits per heavy atom. The van der Waals surface area contributed by atoms with Gasteiger partial charge in [-0.1, -0.05) is 39.3 Å². The molecule has 0 aromatic heterocycles. The SMILES string of the molecule is CC=CCCCC(CC)C(C)C. The topological polar surface area (TPSA) is 0 Å². The molecule has 12 heavy (non-hydrogen) atoms. The summed E-state index contributed by atoms with van der Waals surface area (Å²) < 4.78 is 0. The van der Waals surface area contributed by atoms with Gasteiger partial charge in [0.2, 0.25) is 0 Å². The van der Waals surface area contributed by atoms with E-state index in [1.807, 2.05) is 0 Å². The fourth-order valence-corrected chi connectivity index (χ4v) is 1.67. The Hall–Kier alpha value is -0.260. The van der Waals surface area contributed by atoms with E-state index in [0.29, 0.717) is 0 Å². The van der Waals surface area contributed by atoms with Crippen molar-refractivity contribution in [3.8, 4) is 0 Å². The fourth-order valence-electron chi connectivity index (χ4n) is 1.67. The van der Waals surface area contributed by atoms with Crippen LogP contribution in [-0.2, 0) is 0 Å². The fraction of sp³-hybridized carbons (Fsp3) is 0.833. The highest BCUT2D eigenvalue weighted by molar-refractivity contribution is 4.77. The molecule has 0 bridgehead atoms. The molecular formula is C12H24. The van der Waals surface area contributed by atoms with Crippen LogP contribution in [0.5, 0.6) is 0 Å². The zero-order chi connectivity index (χ0) is 9.40. The molecule has 0 N–H and O–H groups in total. The van der Waals surface area contributed by atoms with Crippen molar-refractivity contribution in [2.24, 2.45) is 11.8 Å². The first-order valence-corrected chi connectivity index (χ1v) is 5.33. The Bertz CT molecular complexity index is 111. The summed E-state index contributed by atoms with van der Waals surface area (Å²) in [5, 5.41) is 0. The summed E-state index contributed by atoms with van der Waals surface area (Å²) in [5.74, 6) is 1.80. The van der Waals surface area contributed by atoms with E-state index in [1.165, 1.54) is 25.7 Å². The van der Waals surface area contributed by atoms with E-state index in [1.54, 1.807) is 0 Å². The standard InChI is InChI=1S/C12H24/c1-5-7-8-9-10-12(6-2)11(3)4/h5,7,11-12H,6,8-10H2,1-4H3. The van der Waals surface area contributed by atoms with Crippen LogP contribution in [-0.4, -0.2) is 0 Å². The second kappa shape index (κ2) is 7.39. The minimum absolute atomic E-state index is 0.862. The van der Waals surface area contributed by atoms with E-state index < -0.39 is 0 Å². The minimum Gasteiger partial charge on any atom is -0.0917 e. The number of hydrogen-bond donors (Lipinski definition) is 0. The quantitative estimate of drug-likeness (QED) is 0.407. The van der Waals surface area contributed by atoms with Gasteiger partial charge < -0.3 is 0 Å². The highest BCUT2D eigenvalue weighted by Gasteiger charge is 2.09. The lowest BCUT2D eigenvalue weighted by molar-refractivity contribution is 0.342. The summed E-state index contributed by atoms with van der Waals surface area (Å²) in [4.78, 5) is 0. The van der Waals surface area contributed by atoms with E-state index in [2.05, 4.69) is 39.8 Å². The third-order valence-corrected chi connectivity index (χ3v) is 2.65. The summed E-state index contributed by atoms with van der Waals surface area (Å²) in [6.45, 7) is 9.08. The van der Waals surface area contributed by atoms with Crippen LogP contribution < -0.4 is 0 Å². The second-order valence-corrected chi connectivity index (χ2v) is 3.91. The van der Waals surface area contributed by atoms with Gasteiger partial charge in [-0.05, 0) is 38.0 Å². The van der Waals surface area contributed by atoms with E-state index in [9.17, 15) is 0 Å². The molecule has 0 heteroatoms. The molecule has 0 spiro atoms. The predicted molar refractivity (Wildman–Crippen MR) is 57.3 cm³/mol. The molecule has 1 atom stereocenters. The van der Waals surface area contributed by atoms with Crippen molar-refractivity contribution in [3.05, 3.63) is 12.2 Å². The number of hydrogen-bond acceptors (Lipinski definition) is 0. The monoisotopic (exact) mass is 168 g/mol.